The summed E-state index contributed by atoms with van der Waals surface area (Å²) in [6.45, 7) is 6.80. The lowest BCUT2D eigenvalue weighted by Crippen LogP contribution is -2.44. The molecule has 17 heavy (non-hydrogen) atoms. The Morgan fingerprint density at radius 3 is 2.41 bits per heavy atom. The van der Waals surface area contributed by atoms with Gasteiger partial charge in [0.15, 0.2) is 0 Å². The molecule has 0 amide bonds. The third-order valence-corrected chi connectivity index (χ3v) is 3.72. The van der Waals surface area contributed by atoms with Crippen molar-refractivity contribution in [3.8, 4) is 0 Å². The fourth-order valence-electron chi connectivity index (χ4n) is 2.29. The van der Waals surface area contributed by atoms with Gasteiger partial charge in [-0.1, -0.05) is 25.4 Å². The van der Waals surface area contributed by atoms with Crippen molar-refractivity contribution in [2.75, 3.05) is 6.61 Å². The van der Waals surface area contributed by atoms with E-state index in [1.165, 1.54) is 0 Å². The van der Waals surface area contributed by atoms with Crippen molar-refractivity contribution in [3.05, 3.63) is 16.9 Å². The van der Waals surface area contributed by atoms with Crippen LogP contribution >= 0.6 is 11.6 Å². The van der Waals surface area contributed by atoms with E-state index in [-0.39, 0.29) is 11.6 Å². The number of aromatic nitrogens is 2. The maximum absolute atomic E-state index is 6.36. The summed E-state index contributed by atoms with van der Waals surface area (Å²) in [6.07, 6.45) is 3.32. The van der Waals surface area contributed by atoms with E-state index in [2.05, 4.69) is 18.9 Å². The number of ether oxygens (including phenoxy) is 1. The highest BCUT2D eigenvalue weighted by Gasteiger charge is 2.37. The van der Waals surface area contributed by atoms with Gasteiger partial charge in [0, 0.05) is 13.7 Å². The van der Waals surface area contributed by atoms with Gasteiger partial charge in [0.2, 0.25) is 0 Å². The largest absolute Gasteiger partial charge is 0.373 e. The van der Waals surface area contributed by atoms with Crippen molar-refractivity contribution in [1.29, 1.82) is 0 Å². The minimum Gasteiger partial charge on any atom is -0.373 e. The van der Waals surface area contributed by atoms with E-state index in [1.54, 1.807) is 10.9 Å². The van der Waals surface area contributed by atoms with E-state index in [0.717, 1.165) is 18.5 Å². The second kappa shape index (κ2) is 5.85. The predicted octanol–water partition coefficient (Wildman–Crippen LogP) is 2.67. The first-order valence-electron chi connectivity index (χ1n) is 6.09. The van der Waals surface area contributed by atoms with Crippen molar-refractivity contribution in [2.45, 2.75) is 45.3 Å². The SMILES string of the molecule is CCOC(CC)(CC)C(N)c1c(Cl)cnn1C. The molecule has 0 fully saturated rings. The summed E-state index contributed by atoms with van der Waals surface area (Å²) < 4.78 is 7.63. The molecule has 0 saturated carbocycles. The van der Waals surface area contributed by atoms with Crippen molar-refractivity contribution in [1.82, 2.24) is 9.78 Å². The molecule has 0 radical (unpaired) electrons. The lowest BCUT2D eigenvalue weighted by molar-refractivity contribution is -0.0660. The van der Waals surface area contributed by atoms with Crippen LogP contribution in [0.1, 0.15) is 45.3 Å². The zero-order valence-electron chi connectivity index (χ0n) is 11.0. The zero-order valence-corrected chi connectivity index (χ0v) is 11.8. The predicted molar refractivity (Wildman–Crippen MR) is 70.1 cm³/mol. The Balaban J connectivity index is 3.11. The smallest absolute Gasteiger partial charge is 0.0884 e. The lowest BCUT2D eigenvalue weighted by Gasteiger charge is -2.37. The molecule has 0 aliphatic heterocycles. The first-order valence-corrected chi connectivity index (χ1v) is 6.47. The first kappa shape index (κ1) is 14.5. The molecule has 5 heteroatoms. The third kappa shape index (κ3) is 2.64. The zero-order chi connectivity index (χ0) is 13.1. The molecule has 2 N–H and O–H groups in total. The van der Waals surface area contributed by atoms with Crippen LogP contribution in [-0.2, 0) is 11.8 Å². The minimum absolute atomic E-state index is 0.266. The van der Waals surface area contributed by atoms with E-state index < -0.39 is 0 Å². The van der Waals surface area contributed by atoms with Gasteiger partial charge >= 0.3 is 0 Å². The Morgan fingerprint density at radius 2 is 2.06 bits per heavy atom. The van der Waals surface area contributed by atoms with Gasteiger partial charge in [-0.25, -0.2) is 0 Å². The molecule has 1 unspecified atom stereocenters. The number of nitrogens with two attached hydrogens (primary N) is 1. The number of rotatable bonds is 6. The molecular formula is C12H22ClN3O. The molecule has 1 atom stereocenters. The Bertz CT molecular complexity index is 341. The monoisotopic (exact) mass is 259 g/mol. The maximum Gasteiger partial charge on any atom is 0.0884 e. The van der Waals surface area contributed by atoms with Crippen LogP contribution in [0.4, 0.5) is 0 Å². The van der Waals surface area contributed by atoms with Crippen molar-refractivity contribution < 1.29 is 4.74 Å². The average Bonchev–Trinajstić information content (AvgIpc) is 2.65. The number of halogens is 1. The molecule has 98 valence electrons. The van der Waals surface area contributed by atoms with Crippen LogP contribution in [0, 0.1) is 0 Å². The quantitative estimate of drug-likeness (QED) is 0.855. The molecule has 0 saturated heterocycles. The van der Waals surface area contributed by atoms with Gasteiger partial charge in [-0.05, 0) is 19.8 Å². The fourth-order valence-corrected chi connectivity index (χ4v) is 2.57. The van der Waals surface area contributed by atoms with Crippen LogP contribution in [0.3, 0.4) is 0 Å². The molecule has 0 aromatic carbocycles. The van der Waals surface area contributed by atoms with Crippen LogP contribution in [0.2, 0.25) is 5.02 Å². The number of nitrogens with zero attached hydrogens (tertiary/aromatic N) is 2. The molecule has 1 aromatic heterocycles. The summed E-state index contributed by atoms with van der Waals surface area (Å²) in [5.74, 6) is 0. The van der Waals surface area contributed by atoms with Gasteiger partial charge in [-0.3, -0.25) is 4.68 Å². The summed E-state index contributed by atoms with van der Waals surface area (Å²) in [5, 5.41) is 4.73. The summed E-state index contributed by atoms with van der Waals surface area (Å²) in [4.78, 5) is 0. The van der Waals surface area contributed by atoms with Crippen LogP contribution in [0.15, 0.2) is 6.20 Å². The van der Waals surface area contributed by atoms with E-state index in [0.29, 0.717) is 11.6 Å². The van der Waals surface area contributed by atoms with Gasteiger partial charge in [0.05, 0.1) is 28.6 Å². The first-order chi connectivity index (χ1) is 8.02. The average molecular weight is 260 g/mol. The highest BCUT2D eigenvalue weighted by Crippen LogP contribution is 2.36. The second-order valence-corrected chi connectivity index (χ2v) is 4.59. The maximum atomic E-state index is 6.36. The Labute approximate surface area is 108 Å². The molecule has 0 aliphatic carbocycles. The van der Waals surface area contributed by atoms with Crippen molar-refractivity contribution >= 4 is 11.6 Å². The van der Waals surface area contributed by atoms with Crippen molar-refractivity contribution in [3.63, 3.8) is 0 Å². The van der Waals surface area contributed by atoms with Gasteiger partial charge in [-0.2, -0.15) is 5.10 Å². The lowest BCUT2D eigenvalue weighted by atomic mass is 9.86. The molecule has 4 nitrogen and oxygen atoms in total. The normalized spacial score (nSPS) is 14.0. The van der Waals surface area contributed by atoms with E-state index >= 15 is 0 Å². The Hall–Kier alpha value is -0.580. The number of hydrogen-bond donors (Lipinski definition) is 1. The number of hydrogen-bond acceptors (Lipinski definition) is 3. The molecule has 1 rings (SSSR count). The highest BCUT2D eigenvalue weighted by molar-refractivity contribution is 6.31. The highest BCUT2D eigenvalue weighted by atomic mass is 35.5. The summed E-state index contributed by atoms with van der Waals surface area (Å²) in [6, 6.07) is -0.266. The van der Waals surface area contributed by atoms with E-state index in [4.69, 9.17) is 22.1 Å². The minimum atomic E-state index is -0.369. The van der Waals surface area contributed by atoms with Crippen LogP contribution in [0.25, 0.3) is 0 Å². The van der Waals surface area contributed by atoms with E-state index in [1.807, 2.05) is 14.0 Å². The fraction of sp³-hybridized carbons (Fsp3) is 0.750. The molecule has 0 bridgehead atoms. The van der Waals surface area contributed by atoms with Crippen LogP contribution in [0.5, 0.6) is 0 Å². The molecule has 1 aromatic rings. The second-order valence-electron chi connectivity index (χ2n) is 4.18. The molecule has 0 spiro atoms. The van der Waals surface area contributed by atoms with Crippen LogP contribution < -0.4 is 5.73 Å². The number of aryl methyl sites for hydroxylation is 1. The van der Waals surface area contributed by atoms with Gasteiger partial charge in [0.1, 0.15) is 0 Å². The third-order valence-electron chi connectivity index (χ3n) is 3.43. The molecule has 1 heterocycles. The van der Waals surface area contributed by atoms with Gasteiger partial charge < -0.3 is 10.5 Å². The summed E-state index contributed by atoms with van der Waals surface area (Å²) in [7, 11) is 1.85. The molecule has 0 aliphatic rings. The van der Waals surface area contributed by atoms with Gasteiger partial charge in [0.25, 0.3) is 0 Å². The standard InChI is InChI=1S/C12H22ClN3O/c1-5-12(6-2,17-7-3)11(14)10-9(13)8-15-16(10)4/h8,11H,5-7,14H2,1-4H3. The van der Waals surface area contributed by atoms with E-state index in [9.17, 15) is 0 Å². The Morgan fingerprint density at radius 1 is 1.47 bits per heavy atom. The summed E-state index contributed by atoms with van der Waals surface area (Å²) in [5.41, 5.74) is 6.83. The van der Waals surface area contributed by atoms with Crippen LogP contribution in [-0.4, -0.2) is 22.0 Å². The summed E-state index contributed by atoms with van der Waals surface area (Å²) >= 11 is 6.14. The molecular weight excluding hydrogens is 238 g/mol. The van der Waals surface area contributed by atoms with Gasteiger partial charge in [-0.15, -0.1) is 0 Å². The topological polar surface area (TPSA) is 53.1 Å². The Kier molecular flexibility index (Phi) is 4.98. The van der Waals surface area contributed by atoms with Crippen molar-refractivity contribution in [2.24, 2.45) is 12.8 Å².